The third-order valence-corrected chi connectivity index (χ3v) is 14.7. The molecule has 2 unspecified atom stereocenters. The van der Waals surface area contributed by atoms with E-state index in [4.69, 9.17) is 9.47 Å². The first-order chi connectivity index (χ1) is 35.2. The van der Waals surface area contributed by atoms with Gasteiger partial charge in [-0.1, -0.05) is 297 Å². The number of carboxylic acids is 2. The zero-order valence-corrected chi connectivity index (χ0v) is 51.5. The Hall–Kier alpha value is -0.860. The minimum Gasteiger partial charge on any atom is -0.550 e. The summed E-state index contributed by atoms with van der Waals surface area (Å²) in [5, 5.41) is 21.8. The Balaban J connectivity index is -0.00000132. The largest absolute Gasteiger partial charge is 2.00 e. The van der Waals surface area contributed by atoms with Gasteiger partial charge >= 0.3 is 49.7 Å². The Morgan fingerprint density at radius 3 is 0.630 bits per heavy atom. The number of rotatable bonds is 58. The molecule has 2 atom stereocenters. The topological polar surface area (TPSA) is 133 Å². The molecule has 0 bridgehead atoms. The third-order valence-electron chi connectivity index (χ3n) is 14.7. The molecule has 428 valence electrons. The molecule has 0 radical (unpaired) electrons. The van der Waals surface area contributed by atoms with E-state index in [1.54, 1.807) is 0 Å². The molecule has 0 aromatic carbocycles. The van der Waals surface area contributed by atoms with Gasteiger partial charge in [0.2, 0.25) is 0 Å². The fourth-order valence-electron chi connectivity index (χ4n) is 9.86. The molecule has 0 N–H and O–H groups in total. The smallest absolute Gasteiger partial charge is 0.550 e. The molecule has 0 saturated heterocycles. The standard InChI is InChI=1S/2C32H62O4.Ca/c2*1-3-5-7-9-11-13-15-17-18-20-22-24-26-30(28-29-31(33)34)36-32(35)27-25-23-21-19-16-14-12-10-8-6-4-2;/h2*30H,3-29H2,1-2H3,(H,33,34);/q;;+2/p-2. The number of carbonyl (C=O) groups is 4. The van der Waals surface area contributed by atoms with Gasteiger partial charge in [-0.2, -0.15) is 0 Å². The van der Waals surface area contributed by atoms with Crippen LogP contribution in [0.1, 0.15) is 374 Å². The molecule has 0 aliphatic carbocycles. The summed E-state index contributed by atoms with van der Waals surface area (Å²) in [6, 6.07) is 0. The van der Waals surface area contributed by atoms with Crippen molar-refractivity contribution in [3.63, 3.8) is 0 Å². The molecule has 0 saturated carbocycles. The average molecular weight is 1060 g/mol. The first-order valence-electron chi connectivity index (χ1n) is 32.0. The van der Waals surface area contributed by atoms with Crippen LogP contribution in [0.5, 0.6) is 0 Å². The number of carbonyl (C=O) groups excluding carboxylic acids is 4. The predicted octanol–water partition coefficient (Wildman–Crippen LogP) is 18.1. The number of hydrogen-bond acceptors (Lipinski definition) is 8. The quantitative estimate of drug-likeness (QED) is 0.0334. The molecule has 0 aliphatic heterocycles. The van der Waals surface area contributed by atoms with Gasteiger partial charge in [0.15, 0.2) is 0 Å². The normalized spacial score (nSPS) is 11.9. The van der Waals surface area contributed by atoms with Crippen molar-refractivity contribution >= 4 is 61.6 Å². The van der Waals surface area contributed by atoms with Crippen molar-refractivity contribution in [2.45, 2.75) is 387 Å². The maximum atomic E-state index is 12.3. The summed E-state index contributed by atoms with van der Waals surface area (Å²) in [6.45, 7) is 9.03. The van der Waals surface area contributed by atoms with Gasteiger partial charge in [-0.05, 0) is 64.2 Å². The summed E-state index contributed by atoms with van der Waals surface area (Å²) in [5.41, 5.74) is 0. The van der Waals surface area contributed by atoms with E-state index >= 15 is 0 Å². The molecule has 0 spiro atoms. The van der Waals surface area contributed by atoms with E-state index in [1.807, 2.05) is 0 Å². The Labute approximate surface area is 483 Å². The van der Waals surface area contributed by atoms with Crippen LogP contribution in [0.25, 0.3) is 0 Å². The summed E-state index contributed by atoms with van der Waals surface area (Å²) in [5.74, 6) is -2.44. The van der Waals surface area contributed by atoms with Crippen LogP contribution in [0.15, 0.2) is 0 Å². The molecule has 0 fully saturated rings. The summed E-state index contributed by atoms with van der Waals surface area (Å²) in [7, 11) is 0. The Kier molecular flexibility index (Phi) is 68.4. The summed E-state index contributed by atoms with van der Waals surface area (Å²) in [6.07, 6.45) is 61.2. The average Bonchev–Trinajstić information content (AvgIpc) is 3.36. The Morgan fingerprint density at radius 2 is 0.438 bits per heavy atom. The van der Waals surface area contributed by atoms with Crippen LogP contribution in [-0.2, 0) is 28.7 Å². The van der Waals surface area contributed by atoms with Gasteiger partial charge in [-0.3, -0.25) is 9.59 Å². The fourth-order valence-corrected chi connectivity index (χ4v) is 9.86. The number of esters is 2. The summed E-state index contributed by atoms with van der Waals surface area (Å²) >= 11 is 0. The number of carboxylic acid groups (broad SMARTS) is 2. The van der Waals surface area contributed by atoms with Gasteiger partial charge in [-0.15, -0.1) is 0 Å². The molecule has 0 rings (SSSR count). The molecule has 0 amide bonds. The Morgan fingerprint density at radius 1 is 0.260 bits per heavy atom. The zero-order chi connectivity index (χ0) is 53.1. The predicted molar refractivity (Wildman–Crippen MR) is 308 cm³/mol. The van der Waals surface area contributed by atoms with E-state index in [2.05, 4.69) is 27.7 Å². The second kappa shape index (κ2) is 65.4. The molecule has 8 nitrogen and oxygen atoms in total. The van der Waals surface area contributed by atoms with Crippen LogP contribution in [0.2, 0.25) is 0 Å². The molecular formula is C64H122CaO8. The first kappa shape index (κ1) is 76.4. The number of unbranched alkanes of at least 4 members (excludes halogenated alkanes) is 42. The summed E-state index contributed by atoms with van der Waals surface area (Å²) < 4.78 is 11.3. The maximum absolute atomic E-state index is 12.3. The van der Waals surface area contributed by atoms with E-state index in [1.165, 1.54) is 244 Å². The minimum absolute atomic E-state index is 0. The van der Waals surface area contributed by atoms with Crippen LogP contribution >= 0.6 is 0 Å². The van der Waals surface area contributed by atoms with E-state index < -0.39 is 11.9 Å². The zero-order valence-electron chi connectivity index (χ0n) is 49.3. The van der Waals surface area contributed by atoms with Crippen molar-refractivity contribution in [2.75, 3.05) is 0 Å². The van der Waals surface area contributed by atoms with Crippen LogP contribution in [0.3, 0.4) is 0 Å². The second-order valence-electron chi connectivity index (χ2n) is 22.0. The van der Waals surface area contributed by atoms with Gasteiger partial charge in [0.1, 0.15) is 12.2 Å². The van der Waals surface area contributed by atoms with Crippen LogP contribution in [0.4, 0.5) is 0 Å². The number of aliphatic carboxylic acids is 2. The SMILES string of the molecule is CCCCCCCCCCCCCCC(CCC(=O)[O-])OC(=O)CCCCCCCCCCCCC.CCCCCCCCCCCCCCC(CCC(=O)[O-])OC(=O)CCCCCCCCCCCCC.[Ca+2]. The van der Waals surface area contributed by atoms with Crippen molar-refractivity contribution in [1.29, 1.82) is 0 Å². The van der Waals surface area contributed by atoms with E-state index in [9.17, 15) is 29.4 Å². The second-order valence-corrected chi connectivity index (χ2v) is 22.0. The van der Waals surface area contributed by atoms with Crippen molar-refractivity contribution in [3.8, 4) is 0 Å². The van der Waals surface area contributed by atoms with Gasteiger partial charge in [-0.25, -0.2) is 0 Å². The van der Waals surface area contributed by atoms with Gasteiger partial charge < -0.3 is 29.3 Å². The molecule has 73 heavy (non-hydrogen) atoms. The molecule has 9 heteroatoms. The Bertz CT molecular complexity index is 1050. The van der Waals surface area contributed by atoms with Crippen LogP contribution in [-0.4, -0.2) is 73.8 Å². The monoisotopic (exact) mass is 1060 g/mol. The van der Waals surface area contributed by atoms with Crippen LogP contribution < -0.4 is 10.2 Å². The van der Waals surface area contributed by atoms with Crippen molar-refractivity contribution < 1.29 is 38.9 Å². The van der Waals surface area contributed by atoms with E-state index in [0.29, 0.717) is 25.7 Å². The molecule has 0 aliphatic rings. The minimum atomic E-state index is -1.06. The van der Waals surface area contributed by atoms with E-state index in [-0.39, 0.29) is 74.7 Å². The number of ether oxygens (including phenoxy) is 2. The van der Waals surface area contributed by atoms with Crippen LogP contribution in [0, 0.1) is 0 Å². The van der Waals surface area contributed by atoms with Crippen molar-refractivity contribution in [3.05, 3.63) is 0 Å². The van der Waals surface area contributed by atoms with Crippen molar-refractivity contribution in [2.24, 2.45) is 0 Å². The summed E-state index contributed by atoms with van der Waals surface area (Å²) in [4.78, 5) is 46.4. The third kappa shape index (κ3) is 67.2. The van der Waals surface area contributed by atoms with Crippen molar-refractivity contribution in [1.82, 2.24) is 0 Å². The number of hydrogen-bond donors (Lipinski definition) is 0. The van der Waals surface area contributed by atoms with Gasteiger partial charge in [0.05, 0.1) is 0 Å². The maximum Gasteiger partial charge on any atom is 2.00 e. The molecule has 0 heterocycles. The van der Waals surface area contributed by atoms with Gasteiger partial charge in [0, 0.05) is 24.8 Å². The van der Waals surface area contributed by atoms with E-state index in [0.717, 1.165) is 64.2 Å². The molecule has 0 aromatic heterocycles. The first-order valence-corrected chi connectivity index (χ1v) is 32.0. The fraction of sp³-hybridized carbons (Fsp3) is 0.938. The van der Waals surface area contributed by atoms with Gasteiger partial charge in [0.25, 0.3) is 0 Å². The molecule has 0 aromatic rings. The molecular weight excluding hydrogens is 937 g/mol.